The van der Waals surface area contributed by atoms with Crippen LogP contribution in [-0.4, -0.2) is 80.3 Å². The molecule has 184 valence electrons. The maximum Gasteiger partial charge on any atom is 0.247 e. The molecule has 0 bridgehead atoms. The van der Waals surface area contributed by atoms with E-state index in [2.05, 4.69) is 21.7 Å². The second-order valence-corrected chi connectivity index (χ2v) is 10.5. The van der Waals surface area contributed by atoms with Crippen LogP contribution in [0, 0.1) is 17.8 Å². The largest absolute Gasteiger partial charge is 0.487 e. The third kappa shape index (κ3) is 6.34. The van der Waals surface area contributed by atoms with Gasteiger partial charge in [0, 0.05) is 56.7 Å². The van der Waals surface area contributed by atoms with Gasteiger partial charge in [0.05, 0.1) is 6.61 Å². The van der Waals surface area contributed by atoms with Gasteiger partial charge in [-0.05, 0) is 49.9 Å². The number of rotatable bonds is 7. The summed E-state index contributed by atoms with van der Waals surface area (Å²) in [5.41, 5.74) is 1.77. The fraction of sp³-hybridized carbons (Fsp3) is 0.480. The van der Waals surface area contributed by atoms with E-state index in [-0.39, 0.29) is 42.4 Å². The molecule has 9 heteroatoms. The lowest BCUT2D eigenvalue weighted by Crippen LogP contribution is -2.49. The quantitative estimate of drug-likeness (QED) is 0.597. The lowest BCUT2D eigenvalue weighted by Gasteiger charge is -2.37. The highest BCUT2D eigenvalue weighted by Gasteiger charge is 2.38. The normalized spacial score (nSPS) is 20.9. The number of likely N-dealkylation sites (N-methyl/N-ethyl adjacent to an activating group) is 1. The number of hydrogen-bond donors (Lipinski definition) is 1. The number of benzene rings is 1. The van der Waals surface area contributed by atoms with Crippen molar-refractivity contribution < 1.29 is 23.0 Å². The third-order valence-electron chi connectivity index (χ3n) is 5.81. The van der Waals surface area contributed by atoms with Crippen molar-refractivity contribution in [3.05, 3.63) is 53.9 Å². The number of pyridine rings is 1. The molecule has 0 fully saturated rings. The van der Waals surface area contributed by atoms with E-state index in [0.29, 0.717) is 18.7 Å². The molecule has 34 heavy (non-hydrogen) atoms. The predicted molar refractivity (Wildman–Crippen MR) is 130 cm³/mol. The second kappa shape index (κ2) is 11.8. The molecule has 3 atom stereocenters. The maximum absolute atomic E-state index is 13.5. The Labute approximate surface area is 202 Å². The van der Waals surface area contributed by atoms with E-state index in [0.717, 1.165) is 5.56 Å². The van der Waals surface area contributed by atoms with E-state index in [1.165, 1.54) is 10.4 Å². The molecule has 0 spiro atoms. The first kappa shape index (κ1) is 26.1. The maximum atomic E-state index is 13.5. The monoisotopic (exact) mass is 487 g/mol. The van der Waals surface area contributed by atoms with Crippen LogP contribution in [0.25, 0.3) is 0 Å². The van der Waals surface area contributed by atoms with Crippen LogP contribution in [0.5, 0.6) is 5.75 Å². The SMILES string of the molecule is COCC#Cc1ccc2c(c1)O[C@@H](CN(C)Cc1ccncc1)[C@@H](C)CN([C@H](C)CO)S2(=O)=O. The number of nitrogens with zero attached hydrogens (tertiary/aromatic N) is 3. The highest BCUT2D eigenvalue weighted by atomic mass is 32.2. The first-order valence-corrected chi connectivity index (χ1v) is 12.7. The van der Waals surface area contributed by atoms with E-state index >= 15 is 0 Å². The smallest absolute Gasteiger partial charge is 0.247 e. The molecular weight excluding hydrogens is 454 g/mol. The van der Waals surface area contributed by atoms with Gasteiger partial charge in [-0.1, -0.05) is 18.8 Å². The van der Waals surface area contributed by atoms with Crippen molar-refractivity contribution in [2.24, 2.45) is 5.92 Å². The minimum absolute atomic E-state index is 0.0822. The zero-order valence-electron chi connectivity index (χ0n) is 20.1. The fourth-order valence-electron chi connectivity index (χ4n) is 3.90. The van der Waals surface area contributed by atoms with Crippen LogP contribution >= 0.6 is 0 Å². The van der Waals surface area contributed by atoms with Crippen LogP contribution in [0.4, 0.5) is 0 Å². The summed E-state index contributed by atoms with van der Waals surface area (Å²) in [7, 11) is -0.301. The second-order valence-electron chi connectivity index (χ2n) is 8.69. The first-order chi connectivity index (χ1) is 16.3. The molecule has 0 aliphatic carbocycles. The van der Waals surface area contributed by atoms with Gasteiger partial charge in [-0.15, -0.1) is 0 Å². The molecule has 1 aromatic heterocycles. The van der Waals surface area contributed by atoms with Crippen molar-refractivity contribution in [2.75, 3.05) is 40.5 Å². The van der Waals surface area contributed by atoms with Gasteiger partial charge in [0.25, 0.3) is 0 Å². The third-order valence-corrected chi connectivity index (χ3v) is 7.83. The van der Waals surface area contributed by atoms with E-state index in [1.807, 2.05) is 26.1 Å². The van der Waals surface area contributed by atoms with Crippen molar-refractivity contribution in [2.45, 2.75) is 37.4 Å². The molecule has 1 aliphatic rings. The minimum atomic E-state index is -3.87. The van der Waals surface area contributed by atoms with E-state index in [9.17, 15) is 13.5 Å². The molecule has 2 aromatic rings. The molecule has 0 saturated heterocycles. The summed E-state index contributed by atoms with van der Waals surface area (Å²) in [5, 5.41) is 9.77. The number of ether oxygens (including phenoxy) is 2. The fourth-order valence-corrected chi connectivity index (χ4v) is 5.73. The van der Waals surface area contributed by atoms with Crippen LogP contribution in [0.1, 0.15) is 25.0 Å². The summed E-state index contributed by atoms with van der Waals surface area (Å²) in [6.07, 6.45) is 3.25. The Balaban J connectivity index is 1.97. The zero-order valence-corrected chi connectivity index (χ0v) is 21.0. The molecule has 0 amide bonds. The number of aliphatic hydroxyl groups is 1. The number of methoxy groups -OCH3 is 1. The summed E-state index contributed by atoms with van der Waals surface area (Å²) in [5.74, 6) is 6.02. The molecular formula is C25H33N3O5S. The molecule has 0 saturated carbocycles. The highest BCUT2D eigenvalue weighted by molar-refractivity contribution is 7.89. The van der Waals surface area contributed by atoms with Crippen LogP contribution in [0.15, 0.2) is 47.6 Å². The van der Waals surface area contributed by atoms with Crippen molar-refractivity contribution in [1.29, 1.82) is 0 Å². The number of aromatic nitrogens is 1. The molecule has 8 nitrogen and oxygen atoms in total. The Kier molecular flexibility index (Phi) is 9.05. The lowest BCUT2D eigenvalue weighted by molar-refractivity contribution is 0.0733. The number of fused-ring (bicyclic) bond motifs is 1. The summed E-state index contributed by atoms with van der Waals surface area (Å²) in [4.78, 5) is 6.29. The summed E-state index contributed by atoms with van der Waals surface area (Å²) in [6.45, 7) is 5.23. The van der Waals surface area contributed by atoms with Gasteiger partial charge in [-0.2, -0.15) is 4.31 Å². The molecule has 2 heterocycles. The Hall–Kier alpha value is -2.48. The average Bonchev–Trinajstić information content (AvgIpc) is 2.81. The van der Waals surface area contributed by atoms with Gasteiger partial charge in [-0.25, -0.2) is 8.42 Å². The van der Waals surface area contributed by atoms with Crippen LogP contribution in [0.3, 0.4) is 0 Å². The van der Waals surface area contributed by atoms with Crippen LogP contribution < -0.4 is 4.74 Å². The van der Waals surface area contributed by atoms with Gasteiger partial charge < -0.3 is 14.6 Å². The Morgan fingerprint density at radius 1 is 1.32 bits per heavy atom. The van der Waals surface area contributed by atoms with Crippen molar-refractivity contribution in [1.82, 2.24) is 14.2 Å². The van der Waals surface area contributed by atoms with Gasteiger partial charge in [0.1, 0.15) is 23.4 Å². The summed E-state index contributed by atoms with van der Waals surface area (Å²) in [6, 6.07) is 8.25. The zero-order chi connectivity index (χ0) is 24.7. The van der Waals surface area contributed by atoms with E-state index < -0.39 is 16.1 Å². The predicted octanol–water partition coefficient (Wildman–Crippen LogP) is 1.98. The standard InChI is InChI=1S/C25H33N3O5S/c1-19-15-28(20(2)18-29)34(30,31)25-8-7-21(6-5-13-32-4)14-23(25)33-24(19)17-27(3)16-22-9-11-26-12-10-22/h7-12,14,19-20,24,29H,13,15-18H2,1-4H3/t19-,20+,24-/m0/s1. The summed E-state index contributed by atoms with van der Waals surface area (Å²) >= 11 is 0. The molecule has 1 aliphatic heterocycles. The summed E-state index contributed by atoms with van der Waals surface area (Å²) < 4.78 is 39.8. The van der Waals surface area contributed by atoms with Crippen molar-refractivity contribution in [3.63, 3.8) is 0 Å². The lowest BCUT2D eigenvalue weighted by atomic mass is 10.0. The Bertz CT molecular complexity index is 1110. The minimum Gasteiger partial charge on any atom is -0.487 e. The molecule has 1 N–H and O–H groups in total. The number of aliphatic hydroxyl groups excluding tert-OH is 1. The molecule has 0 unspecified atom stereocenters. The topological polar surface area (TPSA) is 92.2 Å². The van der Waals surface area contributed by atoms with Gasteiger partial charge >= 0.3 is 0 Å². The van der Waals surface area contributed by atoms with Crippen LogP contribution in [0.2, 0.25) is 0 Å². The Morgan fingerprint density at radius 3 is 2.74 bits per heavy atom. The molecule has 0 radical (unpaired) electrons. The van der Waals surface area contributed by atoms with E-state index in [1.54, 1.807) is 38.6 Å². The van der Waals surface area contributed by atoms with Crippen molar-refractivity contribution in [3.8, 4) is 17.6 Å². The first-order valence-electron chi connectivity index (χ1n) is 11.2. The Morgan fingerprint density at radius 2 is 2.06 bits per heavy atom. The highest BCUT2D eigenvalue weighted by Crippen LogP contribution is 2.34. The average molecular weight is 488 g/mol. The van der Waals surface area contributed by atoms with Gasteiger partial charge in [-0.3, -0.25) is 9.88 Å². The van der Waals surface area contributed by atoms with Gasteiger partial charge in [0.15, 0.2) is 0 Å². The number of sulfonamides is 1. The molecule has 1 aromatic carbocycles. The van der Waals surface area contributed by atoms with Crippen LogP contribution in [-0.2, 0) is 21.3 Å². The van der Waals surface area contributed by atoms with Gasteiger partial charge in [0.2, 0.25) is 10.0 Å². The van der Waals surface area contributed by atoms with E-state index in [4.69, 9.17) is 9.47 Å². The number of hydrogen-bond acceptors (Lipinski definition) is 7. The molecule has 3 rings (SSSR count). The van der Waals surface area contributed by atoms with Crippen molar-refractivity contribution >= 4 is 10.0 Å².